The first kappa shape index (κ1) is 14.7. The molecule has 0 saturated heterocycles. The fourth-order valence-corrected chi connectivity index (χ4v) is 2.13. The third-order valence-electron chi connectivity index (χ3n) is 3.24. The summed E-state index contributed by atoms with van der Waals surface area (Å²) in [5, 5.41) is 7.70. The van der Waals surface area contributed by atoms with Crippen LogP contribution in [0.5, 0.6) is 0 Å². The van der Waals surface area contributed by atoms with Crippen LogP contribution in [0.25, 0.3) is 0 Å². The quantitative estimate of drug-likeness (QED) is 0.852. The van der Waals surface area contributed by atoms with Gasteiger partial charge in [-0.3, -0.25) is 14.4 Å². The van der Waals surface area contributed by atoms with E-state index in [1.807, 2.05) is 0 Å². The predicted molar refractivity (Wildman–Crippen MR) is 77.8 cm³/mol. The van der Waals surface area contributed by atoms with Crippen molar-refractivity contribution in [3.8, 4) is 0 Å². The van der Waals surface area contributed by atoms with Crippen molar-refractivity contribution in [2.75, 3.05) is 12.4 Å². The Bertz CT molecular complexity index is 652. The smallest absolute Gasteiger partial charge is 0.271 e. The number of amides is 3. The Labute approximate surface area is 121 Å². The first-order chi connectivity index (χ1) is 9.90. The Hall–Kier alpha value is -2.70. The van der Waals surface area contributed by atoms with Gasteiger partial charge in [-0.05, 0) is 18.6 Å². The number of nitrogens with one attached hydrogen (secondary N) is 1. The molecule has 1 aliphatic rings. The Kier molecular flexibility index (Phi) is 4.02. The largest absolute Gasteiger partial charge is 0.366 e. The van der Waals surface area contributed by atoms with Gasteiger partial charge in [0.25, 0.3) is 11.8 Å². The third kappa shape index (κ3) is 3.07. The maximum Gasteiger partial charge on any atom is 0.271 e. The van der Waals surface area contributed by atoms with Crippen LogP contribution in [0.2, 0.25) is 0 Å². The Morgan fingerprint density at radius 3 is 2.67 bits per heavy atom. The standard InChI is InChI=1S/C14H16N4O3/c1-8-4-3-5-9(12(8)13(15)20)16-14(21)10-6-7-11(19)18(2)17-10/h3-5H,6-7H2,1-2H3,(H2,15,20)(H,16,21). The molecule has 0 bridgehead atoms. The van der Waals surface area contributed by atoms with Crippen molar-refractivity contribution in [3.05, 3.63) is 29.3 Å². The lowest BCUT2D eigenvalue weighted by Crippen LogP contribution is -2.34. The van der Waals surface area contributed by atoms with Gasteiger partial charge in [0.1, 0.15) is 5.71 Å². The van der Waals surface area contributed by atoms with Crippen molar-refractivity contribution in [3.63, 3.8) is 0 Å². The molecule has 1 aromatic carbocycles. The first-order valence-electron chi connectivity index (χ1n) is 6.45. The Morgan fingerprint density at radius 2 is 2.05 bits per heavy atom. The van der Waals surface area contributed by atoms with Crippen LogP contribution in [0.15, 0.2) is 23.3 Å². The summed E-state index contributed by atoms with van der Waals surface area (Å²) in [6, 6.07) is 5.05. The van der Waals surface area contributed by atoms with Crippen molar-refractivity contribution >= 4 is 29.1 Å². The highest BCUT2D eigenvalue weighted by molar-refractivity contribution is 6.43. The van der Waals surface area contributed by atoms with Crippen LogP contribution < -0.4 is 11.1 Å². The molecule has 0 unspecified atom stereocenters. The number of anilines is 1. The lowest BCUT2D eigenvalue weighted by atomic mass is 10.1. The molecule has 110 valence electrons. The fraction of sp³-hybridized carbons (Fsp3) is 0.286. The average Bonchev–Trinajstić information content (AvgIpc) is 2.41. The van der Waals surface area contributed by atoms with E-state index < -0.39 is 11.8 Å². The van der Waals surface area contributed by atoms with Crippen LogP contribution in [0.4, 0.5) is 5.69 Å². The van der Waals surface area contributed by atoms with Gasteiger partial charge in [-0.25, -0.2) is 5.01 Å². The van der Waals surface area contributed by atoms with Crippen molar-refractivity contribution in [1.29, 1.82) is 0 Å². The number of primary amides is 1. The van der Waals surface area contributed by atoms with Crippen molar-refractivity contribution in [2.45, 2.75) is 19.8 Å². The maximum absolute atomic E-state index is 12.2. The van der Waals surface area contributed by atoms with Crippen molar-refractivity contribution < 1.29 is 14.4 Å². The van der Waals surface area contributed by atoms with Gasteiger partial charge in [-0.1, -0.05) is 12.1 Å². The lowest BCUT2D eigenvalue weighted by molar-refractivity contribution is -0.130. The number of nitrogens with zero attached hydrogens (tertiary/aromatic N) is 2. The molecule has 0 aliphatic carbocycles. The molecule has 2 rings (SSSR count). The molecule has 3 amide bonds. The van der Waals surface area contributed by atoms with Gasteiger partial charge in [0.05, 0.1) is 11.3 Å². The van der Waals surface area contributed by atoms with E-state index in [0.29, 0.717) is 11.3 Å². The summed E-state index contributed by atoms with van der Waals surface area (Å²) in [5.74, 6) is -1.19. The number of hydrogen-bond donors (Lipinski definition) is 2. The zero-order valence-corrected chi connectivity index (χ0v) is 11.8. The van der Waals surface area contributed by atoms with Gasteiger partial charge < -0.3 is 11.1 Å². The summed E-state index contributed by atoms with van der Waals surface area (Å²) < 4.78 is 0. The highest BCUT2D eigenvalue weighted by Crippen LogP contribution is 2.19. The lowest BCUT2D eigenvalue weighted by Gasteiger charge is -2.19. The van der Waals surface area contributed by atoms with E-state index in [9.17, 15) is 14.4 Å². The summed E-state index contributed by atoms with van der Waals surface area (Å²) in [4.78, 5) is 35.0. The number of hydrogen-bond acceptors (Lipinski definition) is 4. The van der Waals surface area contributed by atoms with Crippen LogP contribution in [-0.2, 0) is 9.59 Å². The zero-order valence-electron chi connectivity index (χ0n) is 11.8. The molecule has 3 N–H and O–H groups in total. The molecule has 0 aromatic heterocycles. The Morgan fingerprint density at radius 1 is 1.33 bits per heavy atom. The normalized spacial score (nSPS) is 14.7. The molecule has 1 aliphatic heterocycles. The molecular formula is C14H16N4O3. The molecule has 0 atom stereocenters. The van der Waals surface area contributed by atoms with Crippen LogP contribution >= 0.6 is 0 Å². The van der Waals surface area contributed by atoms with Crippen molar-refractivity contribution in [1.82, 2.24) is 5.01 Å². The van der Waals surface area contributed by atoms with E-state index in [-0.39, 0.29) is 30.0 Å². The number of benzene rings is 1. The topological polar surface area (TPSA) is 105 Å². The van der Waals surface area contributed by atoms with Crippen LogP contribution in [0.3, 0.4) is 0 Å². The summed E-state index contributed by atoms with van der Waals surface area (Å²) in [5.41, 5.74) is 6.87. The van der Waals surface area contributed by atoms with E-state index in [0.717, 1.165) is 5.01 Å². The van der Waals surface area contributed by atoms with Crippen LogP contribution in [0, 0.1) is 6.92 Å². The molecule has 1 heterocycles. The molecule has 0 radical (unpaired) electrons. The van der Waals surface area contributed by atoms with E-state index in [1.54, 1.807) is 25.1 Å². The van der Waals surface area contributed by atoms with E-state index in [4.69, 9.17) is 5.73 Å². The SMILES string of the molecule is Cc1cccc(NC(=O)C2=NN(C)C(=O)CC2)c1C(N)=O. The molecule has 0 spiro atoms. The molecule has 1 aromatic rings. The zero-order chi connectivity index (χ0) is 15.6. The average molecular weight is 288 g/mol. The predicted octanol–water partition coefficient (Wildman–Crippen LogP) is 0.641. The van der Waals surface area contributed by atoms with Gasteiger partial charge >= 0.3 is 0 Å². The summed E-state index contributed by atoms with van der Waals surface area (Å²) in [6.07, 6.45) is 0.506. The second-order valence-electron chi connectivity index (χ2n) is 4.78. The number of aryl methyl sites for hydroxylation is 1. The van der Waals surface area contributed by atoms with Gasteiger partial charge in [-0.15, -0.1) is 0 Å². The molecule has 21 heavy (non-hydrogen) atoms. The van der Waals surface area contributed by atoms with Gasteiger partial charge in [0.2, 0.25) is 5.91 Å². The number of hydrazone groups is 1. The number of nitrogens with two attached hydrogens (primary N) is 1. The summed E-state index contributed by atoms with van der Waals surface area (Å²) in [7, 11) is 1.50. The first-order valence-corrected chi connectivity index (χ1v) is 6.45. The van der Waals surface area contributed by atoms with Crippen LogP contribution in [0.1, 0.15) is 28.8 Å². The Balaban J connectivity index is 2.25. The molecule has 7 heteroatoms. The minimum absolute atomic E-state index is 0.139. The second kappa shape index (κ2) is 5.74. The molecule has 0 fully saturated rings. The molecule has 7 nitrogen and oxygen atoms in total. The number of carbonyl (C=O) groups is 3. The second-order valence-corrected chi connectivity index (χ2v) is 4.78. The third-order valence-corrected chi connectivity index (χ3v) is 3.24. The van der Waals surface area contributed by atoms with Gasteiger partial charge in [-0.2, -0.15) is 5.10 Å². The molecule has 0 saturated carbocycles. The summed E-state index contributed by atoms with van der Waals surface area (Å²) in [6.45, 7) is 1.74. The highest BCUT2D eigenvalue weighted by Gasteiger charge is 2.23. The van der Waals surface area contributed by atoms with Gasteiger partial charge in [0, 0.05) is 19.9 Å². The monoisotopic (exact) mass is 288 g/mol. The fourth-order valence-electron chi connectivity index (χ4n) is 2.13. The van der Waals surface area contributed by atoms with Crippen LogP contribution in [-0.4, -0.2) is 35.5 Å². The minimum Gasteiger partial charge on any atom is -0.366 e. The van der Waals surface area contributed by atoms with E-state index in [1.165, 1.54) is 7.05 Å². The van der Waals surface area contributed by atoms with E-state index >= 15 is 0 Å². The van der Waals surface area contributed by atoms with Gasteiger partial charge in [0.15, 0.2) is 0 Å². The molecular weight excluding hydrogens is 272 g/mol. The van der Waals surface area contributed by atoms with Crippen molar-refractivity contribution in [2.24, 2.45) is 10.8 Å². The summed E-state index contributed by atoms with van der Waals surface area (Å²) >= 11 is 0. The van der Waals surface area contributed by atoms with E-state index in [2.05, 4.69) is 10.4 Å². The highest BCUT2D eigenvalue weighted by atomic mass is 16.2. The number of carbonyl (C=O) groups excluding carboxylic acids is 3. The maximum atomic E-state index is 12.2. The number of rotatable bonds is 3. The minimum atomic E-state index is -0.610.